The molecule has 0 aromatic rings. The standard InChI is InChI=1S/C27H48O3/c1-17(16-28)6-5-7-18(2)23-15-24(30)25-21-9-8-19-14-20(29)10-12-26(19,3)22(21)11-13-27(23,25)4/h17-25,28-30H,5-16H2,1-4H3/t17-,18-,19+,20+,21-,22+,23-,24+,25-,26+,27-/m1/s1. The minimum absolute atomic E-state index is 0.0793. The predicted molar refractivity (Wildman–Crippen MR) is 122 cm³/mol. The van der Waals surface area contributed by atoms with Crippen LogP contribution in [0.1, 0.15) is 98.3 Å². The van der Waals surface area contributed by atoms with Crippen molar-refractivity contribution in [1.29, 1.82) is 0 Å². The maximum Gasteiger partial charge on any atom is 0.0579 e. The lowest BCUT2D eigenvalue weighted by Gasteiger charge is -2.61. The molecule has 0 amide bonds. The van der Waals surface area contributed by atoms with Crippen LogP contribution < -0.4 is 0 Å². The maximum atomic E-state index is 11.3. The van der Waals surface area contributed by atoms with Crippen molar-refractivity contribution in [3.63, 3.8) is 0 Å². The molecule has 3 nitrogen and oxygen atoms in total. The lowest BCUT2D eigenvalue weighted by atomic mass is 9.44. The summed E-state index contributed by atoms with van der Waals surface area (Å²) in [6.45, 7) is 9.94. The Kier molecular flexibility index (Phi) is 6.66. The summed E-state index contributed by atoms with van der Waals surface area (Å²) in [6, 6.07) is 0. The summed E-state index contributed by atoms with van der Waals surface area (Å²) in [7, 11) is 0. The molecule has 0 saturated heterocycles. The summed E-state index contributed by atoms with van der Waals surface area (Å²) in [5.74, 6) is 4.31. The summed E-state index contributed by atoms with van der Waals surface area (Å²) in [6.07, 6.45) is 12.7. The Labute approximate surface area is 185 Å². The Morgan fingerprint density at radius 3 is 2.37 bits per heavy atom. The van der Waals surface area contributed by atoms with Crippen LogP contribution in [0.4, 0.5) is 0 Å². The molecule has 4 aliphatic rings. The molecule has 11 atom stereocenters. The molecule has 0 radical (unpaired) electrons. The fourth-order valence-corrected chi connectivity index (χ4v) is 9.31. The van der Waals surface area contributed by atoms with Crippen molar-refractivity contribution in [2.24, 2.45) is 52.3 Å². The topological polar surface area (TPSA) is 60.7 Å². The van der Waals surface area contributed by atoms with Gasteiger partial charge in [0.2, 0.25) is 0 Å². The van der Waals surface area contributed by atoms with Crippen LogP contribution in [0.5, 0.6) is 0 Å². The molecule has 30 heavy (non-hydrogen) atoms. The minimum Gasteiger partial charge on any atom is -0.396 e. The van der Waals surface area contributed by atoms with Crippen molar-refractivity contribution in [3.8, 4) is 0 Å². The van der Waals surface area contributed by atoms with Gasteiger partial charge in [0.1, 0.15) is 0 Å². The Morgan fingerprint density at radius 2 is 1.63 bits per heavy atom. The van der Waals surface area contributed by atoms with Gasteiger partial charge in [0, 0.05) is 6.61 Å². The summed E-state index contributed by atoms with van der Waals surface area (Å²) in [4.78, 5) is 0. The normalized spacial score (nSPS) is 50.3. The molecular formula is C27H48O3. The largest absolute Gasteiger partial charge is 0.396 e. The molecule has 4 fully saturated rings. The van der Waals surface area contributed by atoms with Gasteiger partial charge in [0.25, 0.3) is 0 Å². The Balaban J connectivity index is 1.48. The van der Waals surface area contributed by atoms with E-state index in [0.717, 1.165) is 31.6 Å². The van der Waals surface area contributed by atoms with Gasteiger partial charge in [0.05, 0.1) is 12.2 Å². The summed E-state index contributed by atoms with van der Waals surface area (Å²) in [5.41, 5.74) is 0.674. The first kappa shape index (κ1) is 23.1. The zero-order valence-electron chi connectivity index (χ0n) is 20.0. The van der Waals surface area contributed by atoms with Gasteiger partial charge in [-0.15, -0.1) is 0 Å². The molecule has 0 bridgehead atoms. The molecule has 174 valence electrons. The van der Waals surface area contributed by atoms with Crippen molar-refractivity contribution in [2.75, 3.05) is 6.61 Å². The fourth-order valence-electron chi connectivity index (χ4n) is 9.31. The third-order valence-electron chi connectivity index (χ3n) is 11.0. The molecule has 4 rings (SSSR count). The van der Waals surface area contributed by atoms with E-state index in [1.165, 1.54) is 44.9 Å². The van der Waals surface area contributed by atoms with Crippen LogP contribution in [0, 0.1) is 52.3 Å². The van der Waals surface area contributed by atoms with Crippen molar-refractivity contribution in [2.45, 2.75) is 111 Å². The van der Waals surface area contributed by atoms with Gasteiger partial charge in [-0.25, -0.2) is 0 Å². The van der Waals surface area contributed by atoms with E-state index in [-0.39, 0.29) is 12.2 Å². The van der Waals surface area contributed by atoms with Crippen LogP contribution in [0.15, 0.2) is 0 Å². The molecule has 0 spiro atoms. The first-order valence-electron chi connectivity index (χ1n) is 13.2. The second-order valence-corrected chi connectivity index (χ2v) is 12.7. The van der Waals surface area contributed by atoms with Gasteiger partial charge in [-0.1, -0.05) is 40.5 Å². The molecule has 3 N–H and O–H groups in total. The molecule has 4 saturated carbocycles. The SMILES string of the molecule is C[C@@H](CO)CCC[C@@H](C)[C@H]1C[C@H](O)[C@H]2[C@@H]3CC[C@H]4C[C@@H](O)CC[C@]4(C)[C@H]3CC[C@@]21C. The Bertz CT molecular complexity index is 593. The van der Waals surface area contributed by atoms with Crippen LogP contribution >= 0.6 is 0 Å². The van der Waals surface area contributed by atoms with E-state index < -0.39 is 0 Å². The molecule has 3 heteroatoms. The van der Waals surface area contributed by atoms with Crippen molar-refractivity contribution >= 4 is 0 Å². The lowest BCUT2D eigenvalue weighted by Crippen LogP contribution is -2.55. The highest BCUT2D eigenvalue weighted by Gasteiger charge is 2.63. The highest BCUT2D eigenvalue weighted by molar-refractivity contribution is 5.12. The molecule has 0 aromatic carbocycles. The average molecular weight is 421 g/mol. The van der Waals surface area contributed by atoms with E-state index in [4.69, 9.17) is 0 Å². The summed E-state index contributed by atoms with van der Waals surface area (Å²) < 4.78 is 0. The van der Waals surface area contributed by atoms with E-state index in [2.05, 4.69) is 27.7 Å². The van der Waals surface area contributed by atoms with Crippen LogP contribution in [-0.4, -0.2) is 34.1 Å². The number of aliphatic hydroxyl groups is 3. The second-order valence-electron chi connectivity index (χ2n) is 12.7. The summed E-state index contributed by atoms with van der Waals surface area (Å²) in [5, 5.41) is 30.9. The Morgan fingerprint density at radius 1 is 0.900 bits per heavy atom. The van der Waals surface area contributed by atoms with E-state index in [1.54, 1.807) is 0 Å². The zero-order chi connectivity index (χ0) is 21.7. The van der Waals surface area contributed by atoms with Gasteiger partial charge < -0.3 is 15.3 Å². The molecule has 0 aliphatic heterocycles. The van der Waals surface area contributed by atoms with E-state index in [0.29, 0.717) is 52.9 Å². The van der Waals surface area contributed by atoms with Crippen molar-refractivity contribution in [1.82, 2.24) is 0 Å². The van der Waals surface area contributed by atoms with Crippen molar-refractivity contribution in [3.05, 3.63) is 0 Å². The molecule has 0 aromatic heterocycles. The van der Waals surface area contributed by atoms with Gasteiger partial charge >= 0.3 is 0 Å². The van der Waals surface area contributed by atoms with Crippen molar-refractivity contribution < 1.29 is 15.3 Å². The Hall–Kier alpha value is -0.120. The smallest absolute Gasteiger partial charge is 0.0579 e. The number of hydrogen-bond acceptors (Lipinski definition) is 3. The number of hydrogen-bond donors (Lipinski definition) is 3. The first-order chi connectivity index (χ1) is 14.2. The summed E-state index contributed by atoms with van der Waals surface area (Å²) >= 11 is 0. The highest BCUT2D eigenvalue weighted by atomic mass is 16.3. The van der Waals surface area contributed by atoms with Crippen LogP contribution in [0.3, 0.4) is 0 Å². The van der Waals surface area contributed by atoms with E-state index >= 15 is 0 Å². The maximum absolute atomic E-state index is 11.3. The van der Waals surface area contributed by atoms with Crippen LogP contribution in [0.25, 0.3) is 0 Å². The van der Waals surface area contributed by atoms with E-state index in [1.807, 2.05) is 0 Å². The highest BCUT2D eigenvalue weighted by Crippen LogP contribution is 2.68. The van der Waals surface area contributed by atoms with Gasteiger partial charge in [-0.3, -0.25) is 0 Å². The van der Waals surface area contributed by atoms with Gasteiger partial charge in [-0.05, 0) is 110 Å². The zero-order valence-corrected chi connectivity index (χ0v) is 20.0. The van der Waals surface area contributed by atoms with E-state index in [9.17, 15) is 15.3 Å². The minimum atomic E-state index is -0.124. The van der Waals surface area contributed by atoms with Crippen LogP contribution in [0.2, 0.25) is 0 Å². The fraction of sp³-hybridized carbons (Fsp3) is 1.00. The molecule has 0 heterocycles. The second kappa shape index (κ2) is 8.67. The quantitative estimate of drug-likeness (QED) is 0.538. The van der Waals surface area contributed by atoms with Crippen LogP contribution in [-0.2, 0) is 0 Å². The monoisotopic (exact) mass is 420 g/mol. The third kappa shape index (κ3) is 3.79. The first-order valence-corrected chi connectivity index (χ1v) is 13.2. The van der Waals surface area contributed by atoms with Gasteiger partial charge in [-0.2, -0.15) is 0 Å². The number of aliphatic hydroxyl groups excluding tert-OH is 3. The number of rotatable bonds is 6. The number of fused-ring (bicyclic) bond motifs is 5. The third-order valence-corrected chi connectivity index (χ3v) is 11.0. The molecule has 0 unspecified atom stereocenters. The van der Waals surface area contributed by atoms with Gasteiger partial charge in [0.15, 0.2) is 0 Å². The molecule has 4 aliphatic carbocycles. The lowest BCUT2D eigenvalue weighted by molar-refractivity contribution is -0.142. The molecular weight excluding hydrogens is 372 g/mol. The average Bonchev–Trinajstić information content (AvgIpc) is 2.99. The predicted octanol–water partition coefficient (Wildman–Crippen LogP) is 5.41.